The SMILES string of the molecule is O=C(CNCC1CC1)NCc1nc2ccccc2[nH]1. The van der Waals surface area contributed by atoms with Crippen LogP contribution in [0.15, 0.2) is 24.3 Å². The van der Waals surface area contributed by atoms with E-state index in [2.05, 4.69) is 20.6 Å². The van der Waals surface area contributed by atoms with E-state index in [-0.39, 0.29) is 5.91 Å². The van der Waals surface area contributed by atoms with E-state index in [1.807, 2.05) is 24.3 Å². The Labute approximate surface area is 111 Å². The van der Waals surface area contributed by atoms with Crippen molar-refractivity contribution in [3.63, 3.8) is 0 Å². The van der Waals surface area contributed by atoms with Gasteiger partial charge in [-0.05, 0) is 37.4 Å². The molecule has 19 heavy (non-hydrogen) atoms. The largest absolute Gasteiger partial charge is 0.348 e. The van der Waals surface area contributed by atoms with E-state index < -0.39 is 0 Å². The zero-order chi connectivity index (χ0) is 13.1. The highest BCUT2D eigenvalue weighted by Gasteiger charge is 2.20. The summed E-state index contributed by atoms with van der Waals surface area (Å²) in [6.45, 7) is 1.79. The van der Waals surface area contributed by atoms with Crippen LogP contribution >= 0.6 is 0 Å². The molecule has 1 aliphatic carbocycles. The van der Waals surface area contributed by atoms with Gasteiger partial charge in [-0.25, -0.2) is 4.98 Å². The lowest BCUT2D eigenvalue weighted by atomic mass is 10.3. The third-order valence-electron chi connectivity index (χ3n) is 3.31. The highest BCUT2D eigenvalue weighted by atomic mass is 16.1. The number of carbonyl (C=O) groups is 1. The van der Waals surface area contributed by atoms with Gasteiger partial charge in [0.05, 0.1) is 24.1 Å². The van der Waals surface area contributed by atoms with Crippen molar-refractivity contribution in [1.82, 2.24) is 20.6 Å². The van der Waals surface area contributed by atoms with E-state index in [9.17, 15) is 4.79 Å². The van der Waals surface area contributed by atoms with Gasteiger partial charge < -0.3 is 15.6 Å². The Morgan fingerprint density at radius 1 is 1.37 bits per heavy atom. The Hall–Kier alpha value is -1.88. The van der Waals surface area contributed by atoms with Crippen molar-refractivity contribution in [2.45, 2.75) is 19.4 Å². The lowest BCUT2D eigenvalue weighted by molar-refractivity contribution is -0.120. The molecule has 0 bridgehead atoms. The number of nitrogens with zero attached hydrogens (tertiary/aromatic N) is 1. The standard InChI is InChI=1S/C14H18N4O/c19-14(9-15-7-10-5-6-10)16-8-13-17-11-3-1-2-4-12(11)18-13/h1-4,10,15H,5-9H2,(H,16,19)(H,17,18). The first-order valence-electron chi connectivity index (χ1n) is 6.72. The molecule has 5 nitrogen and oxygen atoms in total. The van der Waals surface area contributed by atoms with Gasteiger partial charge in [-0.3, -0.25) is 4.79 Å². The van der Waals surface area contributed by atoms with Crippen molar-refractivity contribution in [1.29, 1.82) is 0 Å². The average Bonchev–Trinajstić information content (AvgIpc) is 3.14. The Morgan fingerprint density at radius 2 is 2.21 bits per heavy atom. The van der Waals surface area contributed by atoms with Gasteiger partial charge in [0.2, 0.25) is 5.91 Å². The summed E-state index contributed by atoms with van der Waals surface area (Å²) in [6, 6.07) is 7.84. The van der Waals surface area contributed by atoms with Gasteiger partial charge in [0.1, 0.15) is 5.82 Å². The Balaban J connectivity index is 1.46. The lowest BCUT2D eigenvalue weighted by Crippen LogP contribution is -2.34. The molecule has 0 saturated heterocycles. The fourth-order valence-corrected chi connectivity index (χ4v) is 2.05. The van der Waals surface area contributed by atoms with Crippen molar-refractivity contribution in [3.8, 4) is 0 Å². The molecule has 2 aromatic rings. The summed E-state index contributed by atoms with van der Waals surface area (Å²) in [6.07, 6.45) is 2.60. The van der Waals surface area contributed by atoms with Crippen LogP contribution < -0.4 is 10.6 Å². The maximum atomic E-state index is 11.6. The molecule has 0 unspecified atom stereocenters. The van der Waals surface area contributed by atoms with Gasteiger partial charge in [0.25, 0.3) is 0 Å². The molecule has 0 radical (unpaired) electrons. The first-order valence-corrected chi connectivity index (χ1v) is 6.72. The van der Waals surface area contributed by atoms with Crippen LogP contribution in [0.4, 0.5) is 0 Å². The minimum Gasteiger partial charge on any atom is -0.348 e. The number of imidazole rings is 1. The van der Waals surface area contributed by atoms with Crippen molar-refractivity contribution in [3.05, 3.63) is 30.1 Å². The first kappa shape index (κ1) is 12.2. The second-order valence-electron chi connectivity index (χ2n) is 5.05. The van der Waals surface area contributed by atoms with Crippen molar-refractivity contribution in [2.75, 3.05) is 13.1 Å². The number of para-hydroxylation sites is 2. The molecule has 1 amide bonds. The minimum absolute atomic E-state index is 0.0149. The molecule has 5 heteroatoms. The molecule has 0 atom stereocenters. The van der Waals surface area contributed by atoms with E-state index in [0.29, 0.717) is 13.1 Å². The topological polar surface area (TPSA) is 69.8 Å². The van der Waals surface area contributed by atoms with Crippen molar-refractivity contribution >= 4 is 16.9 Å². The zero-order valence-electron chi connectivity index (χ0n) is 10.8. The van der Waals surface area contributed by atoms with Crippen LogP contribution in [0.5, 0.6) is 0 Å². The van der Waals surface area contributed by atoms with Crippen LogP contribution in [-0.4, -0.2) is 29.0 Å². The smallest absolute Gasteiger partial charge is 0.234 e. The van der Waals surface area contributed by atoms with Crippen LogP contribution in [-0.2, 0) is 11.3 Å². The highest BCUT2D eigenvalue weighted by Crippen LogP contribution is 2.27. The van der Waals surface area contributed by atoms with Crippen LogP contribution in [0, 0.1) is 5.92 Å². The number of aromatic nitrogens is 2. The third kappa shape index (κ3) is 3.32. The molecule has 0 aliphatic heterocycles. The van der Waals surface area contributed by atoms with Gasteiger partial charge in [0, 0.05) is 0 Å². The lowest BCUT2D eigenvalue weighted by Gasteiger charge is -2.04. The zero-order valence-corrected chi connectivity index (χ0v) is 10.8. The van der Waals surface area contributed by atoms with Crippen LogP contribution in [0.1, 0.15) is 18.7 Å². The van der Waals surface area contributed by atoms with E-state index >= 15 is 0 Å². The van der Waals surface area contributed by atoms with E-state index in [1.54, 1.807) is 0 Å². The Morgan fingerprint density at radius 3 is 3.00 bits per heavy atom. The Bertz CT molecular complexity index is 541. The molecule has 0 spiro atoms. The quantitative estimate of drug-likeness (QED) is 0.728. The molecule has 1 saturated carbocycles. The molecule has 1 heterocycles. The number of H-pyrrole nitrogens is 1. The normalized spacial score (nSPS) is 14.7. The summed E-state index contributed by atoms with van der Waals surface area (Å²) < 4.78 is 0. The highest BCUT2D eigenvalue weighted by molar-refractivity contribution is 5.78. The first-order chi connectivity index (χ1) is 9.31. The number of amides is 1. The van der Waals surface area contributed by atoms with Crippen LogP contribution in [0.2, 0.25) is 0 Å². The molecule has 1 fully saturated rings. The van der Waals surface area contributed by atoms with Gasteiger partial charge in [-0.2, -0.15) is 0 Å². The Kier molecular flexibility index (Phi) is 3.46. The number of aromatic amines is 1. The van der Waals surface area contributed by atoms with Gasteiger partial charge in [-0.1, -0.05) is 12.1 Å². The van der Waals surface area contributed by atoms with Gasteiger partial charge in [0.15, 0.2) is 0 Å². The van der Waals surface area contributed by atoms with E-state index in [0.717, 1.165) is 29.3 Å². The number of rotatable bonds is 6. The van der Waals surface area contributed by atoms with E-state index in [4.69, 9.17) is 0 Å². The summed E-state index contributed by atoms with van der Waals surface area (Å²) in [5.74, 6) is 1.60. The monoisotopic (exact) mass is 258 g/mol. The predicted molar refractivity (Wildman–Crippen MR) is 73.5 cm³/mol. The number of hydrogen-bond donors (Lipinski definition) is 3. The summed E-state index contributed by atoms with van der Waals surface area (Å²) in [5, 5.41) is 6.03. The minimum atomic E-state index is 0.0149. The number of fused-ring (bicyclic) bond motifs is 1. The maximum Gasteiger partial charge on any atom is 0.234 e. The van der Waals surface area contributed by atoms with Gasteiger partial charge in [-0.15, -0.1) is 0 Å². The molecule has 100 valence electrons. The number of hydrogen-bond acceptors (Lipinski definition) is 3. The molecule has 1 aliphatic rings. The predicted octanol–water partition coefficient (Wildman–Crippen LogP) is 1.18. The van der Waals surface area contributed by atoms with Crippen molar-refractivity contribution < 1.29 is 4.79 Å². The molecule has 1 aromatic heterocycles. The van der Waals surface area contributed by atoms with Crippen LogP contribution in [0.25, 0.3) is 11.0 Å². The molecule has 1 aromatic carbocycles. The molecular weight excluding hydrogens is 240 g/mol. The molecule has 3 rings (SSSR count). The summed E-state index contributed by atoms with van der Waals surface area (Å²) in [7, 11) is 0. The third-order valence-corrected chi connectivity index (χ3v) is 3.31. The van der Waals surface area contributed by atoms with Gasteiger partial charge >= 0.3 is 0 Å². The number of carbonyl (C=O) groups excluding carboxylic acids is 1. The summed E-state index contributed by atoms with van der Waals surface area (Å²) in [4.78, 5) is 19.2. The summed E-state index contributed by atoms with van der Waals surface area (Å²) in [5.41, 5.74) is 1.93. The molecule has 3 N–H and O–H groups in total. The second-order valence-corrected chi connectivity index (χ2v) is 5.05. The maximum absolute atomic E-state index is 11.6. The van der Waals surface area contributed by atoms with E-state index in [1.165, 1.54) is 12.8 Å². The van der Waals surface area contributed by atoms with Crippen LogP contribution in [0.3, 0.4) is 0 Å². The fraction of sp³-hybridized carbons (Fsp3) is 0.429. The molecular formula is C14H18N4O. The average molecular weight is 258 g/mol. The fourth-order valence-electron chi connectivity index (χ4n) is 2.05. The number of nitrogens with one attached hydrogen (secondary N) is 3. The second kappa shape index (κ2) is 5.40. The summed E-state index contributed by atoms with van der Waals surface area (Å²) >= 11 is 0. The van der Waals surface area contributed by atoms with Crippen molar-refractivity contribution in [2.24, 2.45) is 5.92 Å². The number of benzene rings is 1.